The SMILES string of the molecule is Cc1cc(F)c([C@@H](C)NC(=O)c2ccc3nc(N4CCCCC4)ccc3c2)cc1C. The Bertz CT molecular complexity index is 1090. The zero-order valence-corrected chi connectivity index (χ0v) is 17.8. The van der Waals surface area contributed by atoms with Crippen LogP contribution < -0.4 is 10.2 Å². The van der Waals surface area contributed by atoms with Gasteiger partial charge in [0.2, 0.25) is 0 Å². The summed E-state index contributed by atoms with van der Waals surface area (Å²) in [4.78, 5) is 19.9. The zero-order chi connectivity index (χ0) is 21.3. The number of anilines is 1. The fourth-order valence-electron chi connectivity index (χ4n) is 4.05. The van der Waals surface area contributed by atoms with Crippen molar-refractivity contribution in [3.05, 3.63) is 70.5 Å². The number of nitrogens with one attached hydrogen (secondary N) is 1. The van der Waals surface area contributed by atoms with Crippen LogP contribution in [-0.2, 0) is 0 Å². The Hall–Kier alpha value is -2.95. The summed E-state index contributed by atoms with van der Waals surface area (Å²) in [6.45, 7) is 7.73. The van der Waals surface area contributed by atoms with Gasteiger partial charge in [-0.15, -0.1) is 0 Å². The van der Waals surface area contributed by atoms with Gasteiger partial charge in [-0.1, -0.05) is 6.07 Å². The second-order valence-corrected chi connectivity index (χ2v) is 8.28. The summed E-state index contributed by atoms with van der Waals surface area (Å²) in [5, 5.41) is 3.84. The molecule has 2 heterocycles. The minimum atomic E-state index is -0.424. The number of carbonyl (C=O) groups excluding carboxylic acids is 1. The Balaban J connectivity index is 1.52. The smallest absolute Gasteiger partial charge is 0.251 e. The Labute approximate surface area is 177 Å². The second-order valence-electron chi connectivity index (χ2n) is 8.28. The van der Waals surface area contributed by atoms with E-state index in [1.165, 1.54) is 25.3 Å². The number of piperidine rings is 1. The number of hydrogen-bond donors (Lipinski definition) is 1. The molecule has 2 aromatic carbocycles. The van der Waals surface area contributed by atoms with Crippen molar-refractivity contribution in [1.29, 1.82) is 0 Å². The predicted octanol–water partition coefficient (Wildman–Crippen LogP) is 5.47. The first-order valence-electron chi connectivity index (χ1n) is 10.7. The van der Waals surface area contributed by atoms with Crippen LogP contribution in [0.5, 0.6) is 0 Å². The number of hydrogen-bond acceptors (Lipinski definition) is 3. The van der Waals surface area contributed by atoms with Gasteiger partial charge in [-0.25, -0.2) is 9.37 Å². The van der Waals surface area contributed by atoms with Gasteiger partial charge in [0.25, 0.3) is 5.91 Å². The first-order chi connectivity index (χ1) is 14.4. The lowest BCUT2D eigenvalue weighted by Crippen LogP contribution is -2.30. The molecule has 1 saturated heterocycles. The monoisotopic (exact) mass is 405 g/mol. The van der Waals surface area contributed by atoms with Crippen LogP contribution in [0, 0.1) is 19.7 Å². The third-order valence-corrected chi connectivity index (χ3v) is 6.04. The number of benzene rings is 2. The van der Waals surface area contributed by atoms with Crippen LogP contribution in [0.3, 0.4) is 0 Å². The van der Waals surface area contributed by atoms with Crippen LogP contribution in [0.2, 0.25) is 0 Å². The number of aromatic nitrogens is 1. The maximum Gasteiger partial charge on any atom is 0.251 e. The first kappa shape index (κ1) is 20.3. The third kappa shape index (κ3) is 4.16. The highest BCUT2D eigenvalue weighted by atomic mass is 19.1. The van der Waals surface area contributed by atoms with Crippen LogP contribution in [-0.4, -0.2) is 24.0 Å². The molecular weight excluding hydrogens is 377 g/mol. The first-order valence-corrected chi connectivity index (χ1v) is 10.7. The molecule has 0 spiro atoms. The molecule has 0 unspecified atom stereocenters. The molecule has 1 N–H and O–H groups in total. The highest BCUT2D eigenvalue weighted by molar-refractivity contribution is 5.98. The van der Waals surface area contributed by atoms with E-state index in [9.17, 15) is 9.18 Å². The van der Waals surface area contributed by atoms with E-state index in [1.807, 2.05) is 44.2 Å². The minimum absolute atomic E-state index is 0.220. The Morgan fingerprint density at radius 3 is 2.53 bits per heavy atom. The van der Waals surface area contributed by atoms with Gasteiger partial charge in [-0.2, -0.15) is 0 Å². The van der Waals surface area contributed by atoms with Crippen molar-refractivity contribution < 1.29 is 9.18 Å². The zero-order valence-electron chi connectivity index (χ0n) is 17.8. The highest BCUT2D eigenvalue weighted by Gasteiger charge is 2.17. The summed E-state index contributed by atoms with van der Waals surface area (Å²) in [6, 6.07) is 12.5. The molecule has 5 heteroatoms. The average molecular weight is 406 g/mol. The van der Waals surface area contributed by atoms with E-state index in [0.717, 1.165) is 40.9 Å². The summed E-state index contributed by atoms with van der Waals surface area (Å²) in [7, 11) is 0. The van der Waals surface area contributed by atoms with Gasteiger partial charge in [0, 0.05) is 29.6 Å². The summed E-state index contributed by atoms with van der Waals surface area (Å²) in [5.74, 6) is 0.485. The van der Waals surface area contributed by atoms with E-state index in [0.29, 0.717) is 11.1 Å². The van der Waals surface area contributed by atoms with E-state index in [-0.39, 0.29) is 11.7 Å². The van der Waals surface area contributed by atoms with Gasteiger partial charge in [0.1, 0.15) is 11.6 Å². The predicted molar refractivity (Wildman–Crippen MR) is 120 cm³/mol. The van der Waals surface area contributed by atoms with Crippen LogP contribution >= 0.6 is 0 Å². The Morgan fingerprint density at radius 1 is 1.03 bits per heavy atom. The van der Waals surface area contributed by atoms with E-state index in [1.54, 1.807) is 13.0 Å². The van der Waals surface area contributed by atoms with Gasteiger partial charge in [-0.05, 0) is 87.6 Å². The number of fused-ring (bicyclic) bond motifs is 1. The molecule has 1 aliphatic heterocycles. The molecule has 1 fully saturated rings. The number of amides is 1. The molecular formula is C25H28FN3O. The third-order valence-electron chi connectivity index (χ3n) is 6.04. The van der Waals surface area contributed by atoms with Crippen molar-refractivity contribution >= 4 is 22.6 Å². The quantitative estimate of drug-likeness (QED) is 0.626. The molecule has 4 rings (SSSR count). The number of carbonyl (C=O) groups is 1. The van der Waals surface area contributed by atoms with Crippen molar-refractivity contribution in [2.75, 3.05) is 18.0 Å². The lowest BCUT2D eigenvalue weighted by atomic mass is 10.0. The molecule has 156 valence electrons. The number of pyridine rings is 1. The Morgan fingerprint density at radius 2 is 1.77 bits per heavy atom. The number of halogens is 1. The molecule has 1 amide bonds. The van der Waals surface area contributed by atoms with E-state index >= 15 is 0 Å². The van der Waals surface area contributed by atoms with Crippen LogP contribution in [0.1, 0.15) is 59.3 Å². The van der Waals surface area contributed by atoms with Crippen molar-refractivity contribution in [2.45, 2.75) is 46.1 Å². The summed E-state index contributed by atoms with van der Waals surface area (Å²) in [5.41, 5.74) is 3.84. The standard InChI is InChI=1S/C25H28FN3O/c1-16-13-21(22(26)14-17(16)2)18(3)27-25(30)20-7-9-23-19(15-20)8-10-24(28-23)29-11-5-4-6-12-29/h7-10,13-15,18H,4-6,11-12H2,1-3H3,(H,27,30)/t18-/m1/s1. The molecule has 4 nitrogen and oxygen atoms in total. The topological polar surface area (TPSA) is 45.2 Å². The van der Waals surface area contributed by atoms with Gasteiger partial charge >= 0.3 is 0 Å². The molecule has 30 heavy (non-hydrogen) atoms. The van der Waals surface area contributed by atoms with E-state index < -0.39 is 6.04 Å². The van der Waals surface area contributed by atoms with Crippen LogP contribution in [0.4, 0.5) is 10.2 Å². The molecule has 0 saturated carbocycles. The van der Waals surface area contributed by atoms with Crippen molar-refractivity contribution in [3.8, 4) is 0 Å². The van der Waals surface area contributed by atoms with Gasteiger partial charge in [0.05, 0.1) is 11.6 Å². The highest BCUT2D eigenvalue weighted by Crippen LogP contribution is 2.24. The lowest BCUT2D eigenvalue weighted by Gasteiger charge is -2.27. The van der Waals surface area contributed by atoms with Crippen LogP contribution in [0.15, 0.2) is 42.5 Å². The van der Waals surface area contributed by atoms with Crippen molar-refractivity contribution in [3.63, 3.8) is 0 Å². The summed E-state index contributed by atoms with van der Waals surface area (Å²) >= 11 is 0. The molecule has 0 bridgehead atoms. The van der Waals surface area contributed by atoms with E-state index in [4.69, 9.17) is 4.98 Å². The van der Waals surface area contributed by atoms with Crippen molar-refractivity contribution in [1.82, 2.24) is 10.3 Å². The molecule has 0 radical (unpaired) electrons. The summed E-state index contributed by atoms with van der Waals surface area (Å²) in [6.07, 6.45) is 3.70. The molecule has 1 aromatic heterocycles. The molecule has 1 atom stereocenters. The van der Waals surface area contributed by atoms with Crippen LogP contribution in [0.25, 0.3) is 10.9 Å². The molecule has 0 aliphatic carbocycles. The lowest BCUT2D eigenvalue weighted by molar-refractivity contribution is 0.0939. The average Bonchev–Trinajstić information content (AvgIpc) is 2.76. The normalized spacial score (nSPS) is 15.3. The fourth-order valence-corrected chi connectivity index (χ4v) is 4.05. The molecule has 3 aromatic rings. The fraction of sp³-hybridized carbons (Fsp3) is 0.360. The minimum Gasteiger partial charge on any atom is -0.357 e. The van der Waals surface area contributed by atoms with E-state index in [2.05, 4.69) is 10.2 Å². The van der Waals surface area contributed by atoms with Gasteiger partial charge in [-0.3, -0.25) is 4.79 Å². The van der Waals surface area contributed by atoms with Gasteiger partial charge < -0.3 is 10.2 Å². The molecule has 1 aliphatic rings. The van der Waals surface area contributed by atoms with Gasteiger partial charge in [0.15, 0.2) is 0 Å². The summed E-state index contributed by atoms with van der Waals surface area (Å²) < 4.78 is 14.4. The number of aryl methyl sites for hydroxylation is 2. The maximum absolute atomic E-state index is 14.4. The second kappa shape index (κ2) is 8.42. The number of rotatable bonds is 4. The van der Waals surface area contributed by atoms with Crippen molar-refractivity contribution in [2.24, 2.45) is 0 Å². The maximum atomic E-state index is 14.4. The number of nitrogens with zero attached hydrogens (tertiary/aromatic N) is 2. The largest absolute Gasteiger partial charge is 0.357 e. The Kier molecular flexibility index (Phi) is 5.71.